The van der Waals surface area contributed by atoms with E-state index in [1.54, 1.807) is 0 Å². The molecule has 0 aliphatic carbocycles. The molecule has 1 aliphatic rings. The van der Waals surface area contributed by atoms with Crippen LogP contribution >= 0.6 is 0 Å². The average molecular weight is 277 g/mol. The first-order chi connectivity index (χ1) is 9.56. The van der Waals surface area contributed by atoms with Crippen molar-refractivity contribution in [1.29, 1.82) is 0 Å². The van der Waals surface area contributed by atoms with Crippen molar-refractivity contribution in [2.75, 3.05) is 39.5 Å². The summed E-state index contributed by atoms with van der Waals surface area (Å²) in [6, 6.07) is 8.20. The van der Waals surface area contributed by atoms with Gasteiger partial charge >= 0.3 is 0 Å². The standard InChI is InChI=1S/C16H27N3O/c1-18-9-6-15(7-10-18)19(2)11-8-16(20)13-4-3-5-14(17)12-13/h3-5,12,15-16,20H,6-11,17H2,1-2H3. The highest BCUT2D eigenvalue weighted by molar-refractivity contribution is 5.41. The number of benzene rings is 1. The van der Waals surface area contributed by atoms with Crippen molar-refractivity contribution in [1.82, 2.24) is 9.80 Å². The molecule has 1 aromatic rings. The van der Waals surface area contributed by atoms with Crippen molar-refractivity contribution >= 4 is 5.69 Å². The summed E-state index contributed by atoms with van der Waals surface area (Å²) in [6.45, 7) is 3.27. The Kier molecular flexibility index (Phi) is 5.40. The second kappa shape index (κ2) is 7.07. The predicted octanol–water partition coefficient (Wildman–Crippen LogP) is 1.72. The molecule has 1 saturated heterocycles. The van der Waals surface area contributed by atoms with Crippen LogP contribution < -0.4 is 5.73 Å². The summed E-state index contributed by atoms with van der Waals surface area (Å²) in [5.74, 6) is 0. The Morgan fingerprint density at radius 1 is 1.40 bits per heavy atom. The maximum Gasteiger partial charge on any atom is 0.0803 e. The van der Waals surface area contributed by atoms with Crippen LogP contribution in [0.15, 0.2) is 24.3 Å². The summed E-state index contributed by atoms with van der Waals surface area (Å²) in [7, 11) is 4.35. The lowest BCUT2D eigenvalue weighted by Crippen LogP contribution is -2.42. The van der Waals surface area contributed by atoms with Crippen LogP contribution in [0.4, 0.5) is 5.69 Å². The molecule has 1 aromatic carbocycles. The third-order valence-electron chi connectivity index (χ3n) is 4.36. The lowest BCUT2D eigenvalue weighted by atomic mass is 10.0. The number of hydrogen-bond donors (Lipinski definition) is 2. The second-order valence-electron chi connectivity index (χ2n) is 5.99. The van der Waals surface area contributed by atoms with Crippen LogP contribution in [0, 0.1) is 0 Å². The minimum absolute atomic E-state index is 0.424. The quantitative estimate of drug-likeness (QED) is 0.805. The van der Waals surface area contributed by atoms with Crippen LogP contribution in [0.25, 0.3) is 0 Å². The van der Waals surface area contributed by atoms with E-state index in [-0.39, 0.29) is 0 Å². The molecular weight excluding hydrogens is 250 g/mol. The normalized spacial score (nSPS) is 19.4. The van der Waals surface area contributed by atoms with E-state index in [2.05, 4.69) is 23.9 Å². The molecule has 1 heterocycles. The molecule has 4 heteroatoms. The highest BCUT2D eigenvalue weighted by atomic mass is 16.3. The van der Waals surface area contributed by atoms with Crippen molar-refractivity contribution in [3.05, 3.63) is 29.8 Å². The predicted molar refractivity (Wildman–Crippen MR) is 83.6 cm³/mol. The van der Waals surface area contributed by atoms with Gasteiger partial charge in [0, 0.05) is 18.3 Å². The van der Waals surface area contributed by atoms with E-state index in [1.807, 2.05) is 24.3 Å². The molecule has 0 radical (unpaired) electrons. The van der Waals surface area contributed by atoms with E-state index in [0.717, 1.165) is 18.5 Å². The van der Waals surface area contributed by atoms with Gasteiger partial charge in [-0.3, -0.25) is 0 Å². The monoisotopic (exact) mass is 277 g/mol. The molecule has 1 unspecified atom stereocenters. The number of aliphatic hydroxyl groups excluding tert-OH is 1. The fourth-order valence-electron chi connectivity index (χ4n) is 2.88. The zero-order valence-corrected chi connectivity index (χ0v) is 12.6. The van der Waals surface area contributed by atoms with Crippen LogP contribution in [0.2, 0.25) is 0 Å². The number of rotatable bonds is 5. The Morgan fingerprint density at radius 2 is 2.10 bits per heavy atom. The summed E-state index contributed by atoms with van der Waals surface area (Å²) in [5.41, 5.74) is 7.39. The van der Waals surface area contributed by atoms with E-state index < -0.39 is 6.10 Å². The molecule has 1 fully saturated rings. The first-order valence-electron chi connectivity index (χ1n) is 7.48. The number of piperidine rings is 1. The maximum absolute atomic E-state index is 10.2. The topological polar surface area (TPSA) is 52.7 Å². The van der Waals surface area contributed by atoms with Crippen molar-refractivity contribution in [2.45, 2.75) is 31.4 Å². The van der Waals surface area contributed by atoms with Gasteiger partial charge in [0.1, 0.15) is 0 Å². The van der Waals surface area contributed by atoms with Gasteiger partial charge in [0.2, 0.25) is 0 Å². The van der Waals surface area contributed by atoms with Crippen molar-refractivity contribution in [2.24, 2.45) is 0 Å². The summed E-state index contributed by atoms with van der Waals surface area (Å²) < 4.78 is 0. The van der Waals surface area contributed by atoms with E-state index in [1.165, 1.54) is 25.9 Å². The summed E-state index contributed by atoms with van der Waals surface area (Å²) in [4.78, 5) is 4.77. The third kappa shape index (κ3) is 4.20. The first-order valence-corrected chi connectivity index (χ1v) is 7.48. The molecule has 0 amide bonds. The SMILES string of the molecule is CN1CCC(N(C)CCC(O)c2cccc(N)c2)CC1. The summed E-state index contributed by atoms with van der Waals surface area (Å²) >= 11 is 0. The van der Waals surface area contributed by atoms with E-state index >= 15 is 0 Å². The lowest BCUT2D eigenvalue weighted by molar-refractivity contribution is 0.110. The fraction of sp³-hybridized carbons (Fsp3) is 0.625. The van der Waals surface area contributed by atoms with Crippen LogP contribution in [0.3, 0.4) is 0 Å². The van der Waals surface area contributed by atoms with Crippen LogP contribution in [-0.4, -0.2) is 54.7 Å². The Labute approximate surface area is 122 Å². The minimum atomic E-state index is -0.424. The number of likely N-dealkylation sites (tertiary alicyclic amines) is 1. The van der Waals surface area contributed by atoms with Gasteiger partial charge in [-0.15, -0.1) is 0 Å². The van der Waals surface area contributed by atoms with Crippen molar-refractivity contribution in [3.8, 4) is 0 Å². The molecule has 2 rings (SSSR count). The third-order valence-corrected chi connectivity index (χ3v) is 4.36. The minimum Gasteiger partial charge on any atom is -0.399 e. The number of hydrogen-bond acceptors (Lipinski definition) is 4. The Balaban J connectivity index is 1.79. The molecule has 20 heavy (non-hydrogen) atoms. The molecule has 112 valence electrons. The van der Waals surface area contributed by atoms with Crippen molar-refractivity contribution < 1.29 is 5.11 Å². The number of nitrogens with zero attached hydrogens (tertiary/aromatic N) is 2. The molecule has 4 nitrogen and oxygen atoms in total. The summed E-state index contributed by atoms with van der Waals surface area (Å²) in [6.07, 6.45) is 2.78. The number of anilines is 1. The van der Waals surface area contributed by atoms with Gasteiger partial charge in [0.05, 0.1) is 6.10 Å². The van der Waals surface area contributed by atoms with Crippen LogP contribution in [-0.2, 0) is 0 Å². The largest absolute Gasteiger partial charge is 0.399 e. The molecule has 1 atom stereocenters. The van der Waals surface area contributed by atoms with E-state index in [4.69, 9.17) is 5.73 Å². The van der Waals surface area contributed by atoms with Crippen molar-refractivity contribution in [3.63, 3.8) is 0 Å². The highest BCUT2D eigenvalue weighted by Gasteiger charge is 2.21. The molecule has 0 saturated carbocycles. The zero-order valence-electron chi connectivity index (χ0n) is 12.6. The Bertz CT molecular complexity index is 416. The molecule has 1 aliphatic heterocycles. The van der Waals surface area contributed by atoms with Gasteiger partial charge in [0.15, 0.2) is 0 Å². The average Bonchev–Trinajstić information content (AvgIpc) is 2.45. The fourth-order valence-corrected chi connectivity index (χ4v) is 2.88. The second-order valence-corrected chi connectivity index (χ2v) is 5.99. The maximum atomic E-state index is 10.2. The van der Waals surface area contributed by atoms with Crippen LogP contribution in [0.1, 0.15) is 30.9 Å². The van der Waals surface area contributed by atoms with Gasteiger partial charge in [0.25, 0.3) is 0 Å². The smallest absolute Gasteiger partial charge is 0.0803 e. The Morgan fingerprint density at radius 3 is 2.75 bits per heavy atom. The van der Waals surface area contributed by atoms with E-state index in [0.29, 0.717) is 11.7 Å². The zero-order chi connectivity index (χ0) is 14.5. The van der Waals surface area contributed by atoms with E-state index in [9.17, 15) is 5.11 Å². The molecular formula is C16H27N3O. The number of nitrogen functional groups attached to an aromatic ring is 1. The molecule has 0 bridgehead atoms. The van der Waals surface area contributed by atoms with Gasteiger partial charge in [-0.1, -0.05) is 12.1 Å². The van der Waals surface area contributed by atoms with Gasteiger partial charge < -0.3 is 20.6 Å². The number of aliphatic hydroxyl groups is 1. The lowest BCUT2D eigenvalue weighted by Gasteiger charge is -2.35. The van der Waals surface area contributed by atoms with Gasteiger partial charge in [-0.2, -0.15) is 0 Å². The van der Waals surface area contributed by atoms with Gasteiger partial charge in [-0.25, -0.2) is 0 Å². The summed E-state index contributed by atoms with van der Waals surface area (Å²) in [5, 5.41) is 10.2. The van der Waals surface area contributed by atoms with Crippen LogP contribution in [0.5, 0.6) is 0 Å². The number of nitrogens with two attached hydrogens (primary N) is 1. The first kappa shape index (κ1) is 15.3. The molecule has 0 spiro atoms. The Hall–Kier alpha value is -1.10. The molecule has 0 aromatic heterocycles. The highest BCUT2D eigenvalue weighted by Crippen LogP contribution is 2.21. The van der Waals surface area contributed by atoms with Gasteiger partial charge in [-0.05, 0) is 64.1 Å². The molecule has 3 N–H and O–H groups in total.